The van der Waals surface area contributed by atoms with E-state index < -0.39 is 12.0 Å². The summed E-state index contributed by atoms with van der Waals surface area (Å²) >= 11 is 5.74. The van der Waals surface area contributed by atoms with Gasteiger partial charge >= 0.3 is 5.97 Å². The number of methoxy groups -OCH3 is 1. The van der Waals surface area contributed by atoms with Gasteiger partial charge in [-0.15, -0.1) is 0 Å². The molecule has 0 bridgehead atoms. The molecular formula is C10H12ClN3O3. The Morgan fingerprint density at radius 3 is 3.00 bits per heavy atom. The molecule has 1 aliphatic rings. The molecule has 1 aromatic heterocycles. The number of hydrogen-bond acceptors (Lipinski definition) is 5. The molecular weight excluding hydrogens is 246 g/mol. The molecule has 1 aliphatic heterocycles. The average molecular weight is 258 g/mol. The zero-order valence-electron chi connectivity index (χ0n) is 9.21. The highest BCUT2D eigenvalue weighted by atomic mass is 35.5. The summed E-state index contributed by atoms with van der Waals surface area (Å²) in [5.41, 5.74) is 0. The third kappa shape index (κ3) is 2.48. The van der Waals surface area contributed by atoms with Crippen LogP contribution in [0.25, 0.3) is 0 Å². The minimum atomic E-state index is -0.897. The molecule has 92 valence electrons. The van der Waals surface area contributed by atoms with Crippen LogP contribution in [0.2, 0.25) is 5.15 Å². The molecule has 1 fully saturated rings. The monoisotopic (exact) mass is 257 g/mol. The predicted molar refractivity (Wildman–Crippen MR) is 61.2 cm³/mol. The minimum absolute atomic E-state index is 0.114. The van der Waals surface area contributed by atoms with Gasteiger partial charge in [-0.3, -0.25) is 4.98 Å². The summed E-state index contributed by atoms with van der Waals surface area (Å²) < 4.78 is 5.19. The van der Waals surface area contributed by atoms with E-state index in [0.29, 0.717) is 18.8 Å². The molecule has 0 aromatic carbocycles. The highest BCUT2D eigenvalue weighted by Gasteiger charge is 2.37. The van der Waals surface area contributed by atoms with E-state index in [2.05, 4.69) is 9.97 Å². The van der Waals surface area contributed by atoms with Crippen LogP contribution in [0.4, 0.5) is 5.82 Å². The number of aliphatic carboxylic acids is 1. The summed E-state index contributed by atoms with van der Waals surface area (Å²) in [4.78, 5) is 20.8. The summed E-state index contributed by atoms with van der Waals surface area (Å²) in [5, 5.41) is 9.39. The van der Waals surface area contributed by atoms with E-state index in [-0.39, 0.29) is 11.3 Å². The Balaban J connectivity index is 2.26. The maximum atomic E-state index is 11.2. The number of rotatable bonds is 3. The number of nitrogens with zero attached hydrogens (tertiary/aromatic N) is 3. The molecule has 1 saturated heterocycles. The van der Waals surface area contributed by atoms with Gasteiger partial charge in [0.15, 0.2) is 0 Å². The first-order valence-corrected chi connectivity index (χ1v) is 5.49. The summed E-state index contributed by atoms with van der Waals surface area (Å²) in [6.07, 6.45) is 3.22. The fraction of sp³-hybridized carbons (Fsp3) is 0.500. The Hall–Kier alpha value is -1.40. The summed E-state index contributed by atoms with van der Waals surface area (Å²) in [6.45, 7) is 0.475. The average Bonchev–Trinajstić information content (AvgIpc) is 2.73. The van der Waals surface area contributed by atoms with Crippen molar-refractivity contribution in [1.29, 1.82) is 0 Å². The maximum Gasteiger partial charge on any atom is 0.326 e. The molecule has 0 spiro atoms. The number of hydrogen-bond donors (Lipinski definition) is 1. The fourth-order valence-electron chi connectivity index (χ4n) is 1.93. The molecule has 17 heavy (non-hydrogen) atoms. The normalized spacial score (nSPS) is 24.0. The number of halogens is 1. The van der Waals surface area contributed by atoms with Crippen molar-refractivity contribution in [3.05, 3.63) is 17.5 Å². The molecule has 1 aromatic rings. The highest BCUT2D eigenvalue weighted by molar-refractivity contribution is 6.29. The van der Waals surface area contributed by atoms with Crippen LogP contribution in [-0.2, 0) is 9.53 Å². The van der Waals surface area contributed by atoms with Gasteiger partial charge in [-0.25, -0.2) is 9.78 Å². The molecule has 2 heterocycles. The van der Waals surface area contributed by atoms with E-state index in [4.69, 9.17) is 21.4 Å². The van der Waals surface area contributed by atoms with Crippen molar-refractivity contribution in [2.24, 2.45) is 0 Å². The lowest BCUT2D eigenvalue weighted by Crippen LogP contribution is -2.36. The third-order valence-corrected chi connectivity index (χ3v) is 2.95. The Morgan fingerprint density at radius 1 is 1.65 bits per heavy atom. The summed E-state index contributed by atoms with van der Waals surface area (Å²) in [7, 11) is 1.57. The fourth-order valence-corrected chi connectivity index (χ4v) is 2.07. The standard InChI is InChI=1S/C10H12ClN3O3/c1-17-6-2-7(10(15)16)14(5-6)9-4-12-3-8(11)13-9/h3-4,6-7H,2,5H2,1H3,(H,15,16). The van der Waals surface area contributed by atoms with Crippen molar-refractivity contribution < 1.29 is 14.6 Å². The molecule has 0 amide bonds. The Morgan fingerprint density at radius 2 is 2.41 bits per heavy atom. The van der Waals surface area contributed by atoms with Crippen LogP contribution in [0, 0.1) is 0 Å². The van der Waals surface area contributed by atoms with Gasteiger partial charge in [0.25, 0.3) is 0 Å². The van der Waals surface area contributed by atoms with E-state index in [1.807, 2.05) is 0 Å². The number of ether oxygens (including phenoxy) is 1. The molecule has 0 saturated carbocycles. The SMILES string of the molecule is COC1CC(C(=O)O)N(c2cncc(Cl)n2)C1. The van der Waals surface area contributed by atoms with Crippen LogP contribution in [0.1, 0.15) is 6.42 Å². The first-order chi connectivity index (χ1) is 8.11. The predicted octanol–water partition coefficient (Wildman–Crippen LogP) is 0.808. The molecule has 0 aliphatic carbocycles. The number of aromatic nitrogens is 2. The van der Waals surface area contributed by atoms with Crippen LogP contribution >= 0.6 is 11.6 Å². The first kappa shape index (κ1) is 12.1. The van der Waals surface area contributed by atoms with Crippen LogP contribution < -0.4 is 4.90 Å². The van der Waals surface area contributed by atoms with E-state index in [0.717, 1.165) is 0 Å². The quantitative estimate of drug-likeness (QED) is 0.864. The van der Waals surface area contributed by atoms with E-state index in [1.54, 1.807) is 12.0 Å². The first-order valence-electron chi connectivity index (χ1n) is 5.11. The molecule has 2 atom stereocenters. The zero-order chi connectivity index (χ0) is 12.4. The zero-order valence-corrected chi connectivity index (χ0v) is 9.96. The molecule has 2 unspecified atom stereocenters. The molecule has 2 rings (SSSR count). The third-order valence-electron chi connectivity index (χ3n) is 2.77. The Kier molecular flexibility index (Phi) is 3.44. The van der Waals surface area contributed by atoms with Gasteiger partial charge in [0.05, 0.1) is 18.5 Å². The van der Waals surface area contributed by atoms with Gasteiger partial charge in [0.1, 0.15) is 17.0 Å². The lowest BCUT2D eigenvalue weighted by Gasteiger charge is -2.21. The van der Waals surface area contributed by atoms with Crippen molar-refractivity contribution >= 4 is 23.4 Å². The topological polar surface area (TPSA) is 75.6 Å². The molecule has 1 N–H and O–H groups in total. The number of carbonyl (C=O) groups is 1. The van der Waals surface area contributed by atoms with Gasteiger partial charge in [-0.05, 0) is 0 Å². The number of carboxylic acid groups (broad SMARTS) is 1. The van der Waals surface area contributed by atoms with Crippen LogP contribution in [0.15, 0.2) is 12.4 Å². The second-order valence-corrected chi connectivity index (χ2v) is 4.19. The molecule has 6 nitrogen and oxygen atoms in total. The molecule has 7 heteroatoms. The summed E-state index contributed by atoms with van der Waals surface area (Å²) in [6, 6.07) is -0.646. The van der Waals surface area contributed by atoms with Crippen molar-refractivity contribution in [3.8, 4) is 0 Å². The van der Waals surface area contributed by atoms with Crippen molar-refractivity contribution in [2.75, 3.05) is 18.6 Å². The largest absolute Gasteiger partial charge is 0.480 e. The lowest BCUT2D eigenvalue weighted by molar-refractivity contribution is -0.138. The van der Waals surface area contributed by atoms with Crippen LogP contribution in [-0.4, -0.2) is 46.8 Å². The Labute approximate surface area is 103 Å². The molecule has 0 radical (unpaired) electrons. The minimum Gasteiger partial charge on any atom is -0.480 e. The smallest absolute Gasteiger partial charge is 0.326 e. The van der Waals surface area contributed by atoms with Gasteiger partial charge in [-0.1, -0.05) is 11.6 Å². The van der Waals surface area contributed by atoms with Crippen molar-refractivity contribution in [1.82, 2.24) is 9.97 Å². The number of anilines is 1. The van der Waals surface area contributed by atoms with Crippen LogP contribution in [0.3, 0.4) is 0 Å². The van der Waals surface area contributed by atoms with E-state index in [1.165, 1.54) is 12.4 Å². The van der Waals surface area contributed by atoms with Gasteiger partial charge in [0, 0.05) is 20.1 Å². The van der Waals surface area contributed by atoms with E-state index in [9.17, 15) is 4.79 Å². The van der Waals surface area contributed by atoms with Crippen molar-refractivity contribution in [3.63, 3.8) is 0 Å². The number of carboxylic acids is 1. The maximum absolute atomic E-state index is 11.2. The van der Waals surface area contributed by atoms with Gasteiger partial charge in [0.2, 0.25) is 0 Å². The van der Waals surface area contributed by atoms with Crippen LogP contribution in [0.5, 0.6) is 0 Å². The Bertz CT molecular complexity index is 429. The van der Waals surface area contributed by atoms with Gasteiger partial charge in [-0.2, -0.15) is 0 Å². The van der Waals surface area contributed by atoms with Gasteiger partial charge < -0.3 is 14.7 Å². The second kappa shape index (κ2) is 4.85. The summed E-state index contributed by atoms with van der Waals surface area (Å²) in [5.74, 6) is -0.434. The highest BCUT2D eigenvalue weighted by Crippen LogP contribution is 2.25. The lowest BCUT2D eigenvalue weighted by atomic mass is 10.2. The van der Waals surface area contributed by atoms with E-state index >= 15 is 0 Å². The second-order valence-electron chi connectivity index (χ2n) is 3.80. The van der Waals surface area contributed by atoms with Crippen molar-refractivity contribution in [2.45, 2.75) is 18.6 Å².